The van der Waals surface area contributed by atoms with Crippen molar-refractivity contribution in [3.63, 3.8) is 0 Å². The predicted octanol–water partition coefficient (Wildman–Crippen LogP) is 3.83. The maximum atomic E-state index is 4.84. The topological polar surface area (TPSA) is 61.4 Å². The van der Waals surface area contributed by atoms with E-state index in [4.69, 9.17) is 4.98 Å². The van der Waals surface area contributed by atoms with E-state index in [1.165, 1.54) is 5.56 Å². The van der Waals surface area contributed by atoms with Gasteiger partial charge in [0.05, 0.1) is 11.2 Å². The molecule has 0 spiro atoms. The molecular formula is C21H18N6. The first-order chi connectivity index (χ1) is 13.2. The summed E-state index contributed by atoms with van der Waals surface area (Å²) in [7, 11) is 0. The molecule has 0 atom stereocenters. The zero-order valence-electron chi connectivity index (χ0n) is 15.2. The molecule has 6 nitrogen and oxygen atoms in total. The van der Waals surface area contributed by atoms with E-state index in [0.29, 0.717) is 5.95 Å². The van der Waals surface area contributed by atoms with Gasteiger partial charge in [-0.1, -0.05) is 48.5 Å². The molecule has 5 aromatic rings. The zero-order valence-corrected chi connectivity index (χ0v) is 15.2. The Morgan fingerprint density at radius 1 is 0.889 bits per heavy atom. The van der Waals surface area contributed by atoms with E-state index < -0.39 is 0 Å². The van der Waals surface area contributed by atoms with Crippen LogP contribution in [0.4, 0.5) is 0 Å². The van der Waals surface area contributed by atoms with Crippen molar-refractivity contribution >= 4 is 22.1 Å². The number of fused-ring (bicyclic) bond motifs is 3. The molecule has 3 heterocycles. The Balaban J connectivity index is 1.77. The first-order valence-corrected chi connectivity index (χ1v) is 8.90. The van der Waals surface area contributed by atoms with Gasteiger partial charge in [0.25, 0.3) is 5.95 Å². The van der Waals surface area contributed by atoms with Crippen LogP contribution >= 0.6 is 0 Å². The summed E-state index contributed by atoms with van der Waals surface area (Å²) >= 11 is 0. The van der Waals surface area contributed by atoms with Gasteiger partial charge in [0.15, 0.2) is 5.65 Å². The number of rotatable bonds is 3. The van der Waals surface area contributed by atoms with Gasteiger partial charge in [-0.15, -0.1) is 10.2 Å². The Bertz CT molecular complexity index is 1270. The van der Waals surface area contributed by atoms with Crippen molar-refractivity contribution in [3.05, 3.63) is 77.6 Å². The molecule has 0 aliphatic rings. The third-order valence-corrected chi connectivity index (χ3v) is 4.75. The normalized spacial score (nSPS) is 11.5. The summed E-state index contributed by atoms with van der Waals surface area (Å²) in [4.78, 5) is 4.84. The average molecular weight is 354 g/mol. The quantitative estimate of drug-likeness (QED) is 0.494. The van der Waals surface area contributed by atoms with Crippen molar-refractivity contribution in [1.82, 2.24) is 29.5 Å². The van der Waals surface area contributed by atoms with Gasteiger partial charge < -0.3 is 4.57 Å². The molecule has 0 aliphatic heterocycles. The van der Waals surface area contributed by atoms with Crippen molar-refractivity contribution in [2.24, 2.45) is 0 Å². The minimum Gasteiger partial charge on any atom is -0.319 e. The molecule has 132 valence electrons. The Labute approximate surface area is 156 Å². The predicted molar refractivity (Wildman–Crippen MR) is 105 cm³/mol. The number of aryl methyl sites for hydroxylation is 2. The second-order valence-electron chi connectivity index (χ2n) is 6.71. The van der Waals surface area contributed by atoms with Gasteiger partial charge in [-0.05, 0) is 31.5 Å². The second-order valence-corrected chi connectivity index (χ2v) is 6.71. The summed E-state index contributed by atoms with van der Waals surface area (Å²) in [6.07, 6.45) is 0. The fourth-order valence-electron chi connectivity index (χ4n) is 3.54. The first-order valence-electron chi connectivity index (χ1n) is 8.90. The number of aromatic nitrogens is 6. The van der Waals surface area contributed by atoms with Crippen LogP contribution in [-0.2, 0) is 6.54 Å². The Hall–Kier alpha value is -3.54. The molecule has 0 unspecified atom stereocenters. The summed E-state index contributed by atoms with van der Waals surface area (Å²) in [5.74, 6) is 0.491. The molecule has 0 saturated heterocycles. The van der Waals surface area contributed by atoms with Gasteiger partial charge in [-0.25, -0.2) is 4.68 Å². The highest BCUT2D eigenvalue weighted by atomic mass is 15.4. The van der Waals surface area contributed by atoms with Crippen LogP contribution in [-0.4, -0.2) is 29.5 Å². The zero-order chi connectivity index (χ0) is 18.4. The van der Waals surface area contributed by atoms with Crippen molar-refractivity contribution in [3.8, 4) is 5.95 Å². The minimum absolute atomic E-state index is 0.491. The third kappa shape index (κ3) is 2.57. The molecule has 6 heteroatoms. The summed E-state index contributed by atoms with van der Waals surface area (Å²) in [5.41, 5.74) is 5.86. The fraction of sp³-hybridized carbons (Fsp3) is 0.143. The molecule has 0 radical (unpaired) electrons. The van der Waals surface area contributed by atoms with E-state index in [2.05, 4.69) is 56.3 Å². The lowest BCUT2D eigenvalue weighted by molar-refractivity contribution is 0.748. The molecule has 0 saturated carbocycles. The monoisotopic (exact) mass is 354 g/mol. The van der Waals surface area contributed by atoms with Gasteiger partial charge in [0, 0.05) is 17.6 Å². The fourth-order valence-corrected chi connectivity index (χ4v) is 3.54. The van der Waals surface area contributed by atoms with Crippen molar-refractivity contribution in [1.29, 1.82) is 0 Å². The Morgan fingerprint density at radius 2 is 1.67 bits per heavy atom. The van der Waals surface area contributed by atoms with Crippen molar-refractivity contribution < 1.29 is 0 Å². The van der Waals surface area contributed by atoms with E-state index in [0.717, 1.165) is 40.0 Å². The molecule has 3 aromatic heterocycles. The molecule has 5 rings (SSSR count). The third-order valence-electron chi connectivity index (χ3n) is 4.75. The number of nitrogens with zero attached hydrogens (tertiary/aromatic N) is 6. The molecule has 0 amide bonds. The van der Waals surface area contributed by atoms with Crippen LogP contribution in [0.1, 0.15) is 17.0 Å². The van der Waals surface area contributed by atoms with Crippen LogP contribution in [0, 0.1) is 13.8 Å². The van der Waals surface area contributed by atoms with E-state index in [9.17, 15) is 0 Å². The lowest BCUT2D eigenvalue weighted by atomic mass is 10.2. The minimum atomic E-state index is 0.491. The number of benzene rings is 2. The second kappa shape index (κ2) is 6.02. The smallest absolute Gasteiger partial charge is 0.272 e. The van der Waals surface area contributed by atoms with E-state index in [1.54, 1.807) is 4.68 Å². The molecule has 0 fully saturated rings. The maximum absolute atomic E-state index is 4.84. The standard InChI is InChI=1S/C21H18N6/c1-14-12-15(2)27(25-14)21-22-20-19(23-24-21)17-10-6-7-11-18(17)26(20)13-16-8-4-3-5-9-16/h3-12H,13H2,1-2H3. The van der Waals surface area contributed by atoms with Gasteiger partial charge in [-0.2, -0.15) is 10.1 Å². The highest BCUT2D eigenvalue weighted by Gasteiger charge is 2.16. The lowest BCUT2D eigenvalue weighted by Crippen LogP contribution is -2.08. The van der Waals surface area contributed by atoms with Crippen LogP contribution in [0.2, 0.25) is 0 Å². The van der Waals surface area contributed by atoms with E-state index in [-0.39, 0.29) is 0 Å². The van der Waals surface area contributed by atoms with Crippen LogP contribution in [0.25, 0.3) is 28.0 Å². The van der Waals surface area contributed by atoms with Crippen molar-refractivity contribution in [2.75, 3.05) is 0 Å². The molecule has 27 heavy (non-hydrogen) atoms. The highest BCUT2D eigenvalue weighted by Crippen LogP contribution is 2.27. The van der Waals surface area contributed by atoms with Gasteiger partial charge in [0.2, 0.25) is 0 Å². The molecule has 0 N–H and O–H groups in total. The SMILES string of the molecule is Cc1cc(C)n(-c2nnc3c4ccccc4n(Cc4ccccc4)c3n2)n1. The summed E-state index contributed by atoms with van der Waals surface area (Å²) in [6.45, 7) is 4.68. The van der Waals surface area contributed by atoms with Crippen LogP contribution in [0.15, 0.2) is 60.7 Å². The Morgan fingerprint density at radius 3 is 2.44 bits per heavy atom. The van der Waals surface area contributed by atoms with Crippen molar-refractivity contribution in [2.45, 2.75) is 20.4 Å². The summed E-state index contributed by atoms with van der Waals surface area (Å²) < 4.78 is 3.94. The summed E-state index contributed by atoms with van der Waals surface area (Å²) in [6, 6.07) is 20.6. The van der Waals surface area contributed by atoms with E-state index >= 15 is 0 Å². The number of hydrogen-bond acceptors (Lipinski definition) is 4. The van der Waals surface area contributed by atoms with E-state index in [1.807, 2.05) is 38.1 Å². The Kier molecular flexibility index (Phi) is 3.50. The van der Waals surface area contributed by atoms with Crippen LogP contribution in [0.3, 0.4) is 0 Å². The number of para-hydroxylation sites is 1. The average Bonchev–Trinajstić information content (AvgIpc) is 3.19. The number of hydrogen-bond donors (Lipinski definition) is 0. The summed E-state index contributed by atoms with van der Waals surface area (Å²) in [5, 5.41) is 14.4. The molecular weight excluding hydrogens is 336 g/mol. The van der Waals surface area contributed by atoms with Crippen LogP contribution in [0.5, 0.6) is 0 Å². The molecule has 0 bridgehead atoms. The largest absolute Gasteiger partial charge is 0.319 e. The lowest BCUT2D eigenvalue weighted by Gasteiger charge is -2.07. The molecule has 0 aliphatic carbocycles. The molecule has 2 aromatic carbocycles. The van der Waals surface area contributed by atoms with Crippen LogP contribution < -0.4 is 0 Å². The maximum Gasteiger partial charge on any atom is 0.272 e. The van der Waals surface area contributed by atoms with Gasteiger partial charge in [-0.3, -0.25) is 0 Å². The van der Waals surface area contributed by atoms with Gasteiger partial charge >= 0.3 is 0 Å². The highest BCUT2D eigenvalue weighted by molar-refractivity contribution is 6.04. The van der Waals surface area contributed by atoms with Gasteiger partial charge in [0.1, 0.15) is 5.52 Å². The first kappa shape index (κ1) is 15.7.